The molecule has 0 aromatic carbocycles. The van der Waals surface area contributed by atoms with Crippen LogP contribution in [0.15, 0.2) is 11.1 Å². The molecule has 0 bridgehead atoms. The van der Waals surface area contributed by atoms with Crippen LogP contribution in [0.4, 0.5) is 5.95 Å². The van der Waals surface area contributed by atoms with Gasteiger partial charge < -0.3 is 38.0 Å². The third kappa shape index (κ3) is 10.1. The van der Waals surface area contributed by atoms with E-state index < -0.39 is 63.4 Å². The molecule has 17 nitrogen and oxygen atoms in total. The van der Waals surface area contributed by atoms with E-state index in [0.29, 0.717) is 0 Å². The van der Waals surface area contributed by atoms with Gasteiger partial charge in [-0.3, -0.25) is 34.0 Å². The lowest BCUT2D eigenvalue weighted by Gasteiger charge is -2.40. The number of nitrogens with one attached hydrogen (secondary N) is 2. The molecular formula is C29H47N5O12Si. The lowest BCUT2D eigenvalue weighted by molar-refractivity contribution is -0.320. The minimum Gasteiger partial charge on any atom is -0.463 e. The molecule has 1 amide bonds. The summed E-state index contributed by atoms with van der Waals surface area (Å²) in [6.07, 6.45) is -2.58. The number of hydrogen-bond donors (Lipinski definition) is 3. The number of amides is 1. The molecule has 0 radical (unpaired) electrons. The highest BCUT2D eigenvalue weighted by Crippen LogP contribution is 2.43. The van der Waals surface area contributed by atoms with Gasteiger partial charge in [0.15, 0.2) is 25.7 Å². The number of aliphatic hydroxyl groups excluding tert-OH is 1. The third-order valence-corrected chi connectivity index (χ3v) is 12.2. The second-order valence-electron chi connectivity index (χ2n) is 12.8. The molecule has 3 rings (SSSR count). The summed E-state index contributed by atoms with van der Waals surface area (Å²) < 4.78 is 42.4. The van der Waals surface area contributed by atoms with Gasteiger partial charge in [0.1, 0.15) is 31.5 Å². The van der Waals surface area contributed by atoms with Crippen LogP contribution in [0.5, 0.6) is 0 Å². The zero-order valence-electron chi connectivity index (χ0n) is 28.4. The number of anilines is 1. The van der Waals surface area contributed by atoms with E-state index in [0.717, 1.165) is 0 Å². The predicted molar refractivity (Wildman–Crippen MR) is 169 cm³/mol. The zero-order valence-corrected chi connectivity index (χ0v) is 29.4. The number of rotatable bonds is 16. The summed E-state index contributed by atoms with van der Waals surface area (Å²) in [5.74, 6) is -1.84. The Balaban J connectivity index is 2.06. The number of aliphatic hydroxyl groups is 1. The highest BCUT2D eigenvalue weighted by Gasteiger charge is 2.52. The van der Waals surface area contributed by atoms with Crippen LogP contribution in [0.1, 0.15) is 54.7 Å². The Morgan fingerprint density at radius 1 is 1.06 bits per heavy atom. The Kier molecular flexibility index (Phi) is 13.2. The Morgan fingerprint density at radius 3 is 2.17 bits per heavy atom. The van der Waals surface area contributed by atoms with Gasteiger partial charge in [0.25, 0.3) is 12.0 Å². The van der Waals surface area contributed by atoms with Crippen LogP contribution < -0.4 is 10.9 Å². The Hall–Kier alpha value is -3.26. The average Bonchev–Trinajstić information content (AvgIpc) is 3.53. The molecule has 1 aliphatic heterocycles. The molecule has 2 aromatic rings. The van der Waals surface area contributed by atoms with Gasteiger partial charge in [-0.1, -0.05) is 34.6 Å². The van der Waals surface area contributed by atoms with Crippen LogP contribution in [-0.2, 0) is 47.2 Å². The third-order valence-electron chi connectivity index (χ3n) is 7.73. The van der Waals surface area contributed by atoms with Crippen molar-refractivity contribution in [1.82, 2.24) is 19.5 Å². The fourth-order valence-electron chi connectivity index (χ4n) is 4.23. The summed E-state index contributed by atoms with van der Waals surface area (Å²) in [5, 5.41) is 12.8. The molecule has 3 N–H and O–H groups in total. The van der Waals surface area contributed by atoms with Crippen molar-refractivity contribution in [3.8, 4) is 0 Å². The lowest BCUT2D eigenvalue weighted by atomic mass is 10.1. The first-order chi connectivity index (χ1) is 21.9. The average molecular weight is 686 g/mol. The molecule has 1 unspecified atom stereocenters. The maximum Gasteiger partial charge on any atom is 0.302 e. The summed E-state index contributed by atoms with van der Waals surface area (Å²) >= 11 is 0. The molecule has 3 heterocycles. The van der Waals surface area contributed by atoms with E-state index in [9.17, 15) is 24.3 Å². The van der Waals surface area contributed by atoms with E-state index in [1.54, 1.807) is 13.8 Å². The van der Waals surface area contributed by atoms with Crippen LogP contribution in [0.25, 0.3) is 11.2 Å². The normalized spacial score (nSPS) is 20.3. The van der Waals surface area contributed by atoms with E-state index in [1.807, 2.05) is 13.1 Å². The lowest BCUT2D eigenvalue weighted by Crippen LogP contribution is -2.51. The van der Waals surface area contributed by atoms with E-state index >= 15 is 0 Å². The van der Waals surface area contributed by atoms with Gasteiger partial charge >= 0.3 is 11.9 Å². The predicted octanol–water partition coefficient (Wildman–Crippen LogP) is 1.82. The first-order valence-corrected chi connectivity index (χ1v) is 18.2. The SMILES string of the molecule is CC(=O)OCCOC(OCCOC(C)=O)OC1[C@@H](O[Si](C)(C)C(C)(C)C)[C@@H](CO)O[C@H]1n1cnc2c(=O)[nH]c(NC(=O)C(C)C)nc21. The van der Waals surface area contributed by atoms with Gasteiger partial charge in [0.2, 0.25) is 11.9 Å². The first kappa shape index (κ1) is 38.2. The van der Waals surface area contributed by atoms with Crippen molar-refractivity contribution in [1.29, 1.82) is 0 Å². The van der Waals surface area contributed by atoms with Crippen molar-refractivity contribution >= 4 is 43.3 Å². The van der Waals surface area contributed by atoms with Crippen molar-refractivity contribution in [2.45, 2.75) is 97.6 Å². The fraction of sp³-hybridized carbons (Fsp3) is 0.724. The van der Waals surface area contributed by atoms with E-state index in [2.05, 4.69) is 41.0 Å². The molecule has 0 aliphatic carbocycles. The zero-order chi connectivity index (χ0) is 35.1. The number of H-pyrrole nitrogens is 1. The van der Waals surface area contributed by atoms with Crippen molar-refractivity contribution < 1.29 is 52.3 Å². The van der Waals surface area contributed by atoms with Gasteiger partial charge in [-0.05, 0) is 18.1 Å². The number of carbonyl (C=O) groups excluding carboxylic acids is 3. The van der Waals surface area contributed by atoms with Gasteiger partial charge in [-0.25, -0.2) is 4.98 Å². The first-order valence-electron chi connectivity index (χ1n) is 15.3. The quantitative estimate of drug-likeness (QED) is 0.0996. The molecule has 264 valence electrons. The molecule has 1 saturated heterocycles. The highest BCUT2D eigenvalue weighted by molar-refractivity contribution is 6.74. The number of esters is 2. The molecule has 0 spiro atoms. The fourth-order valence-corrected chi connectivity index (χ4v) is 5.55. The molecule has 2 aromatic heterocycles. The summed E-state index contributed by atoms with van der Waals surface area (Å²) in [4.78, 5) is 59.1. The minimum absolute atomic E-state index is 0.0315. The van der Waals surface area contributed by atoms with Crippen molar-refractivity contribution in [3.05, 3.63) is 16.7 Å². The van der Waals surface area contributed by atoms with Crippen molar-refractivity contribution in [2.75, 3.05) is 38.4 Å². The summed E-state index contributed by atoms with van der Waals surface area (Å²) in [7, 11) is -2.53. The molecule has 0 saturated carbocycles. The van der Waals surface area contributed by atoms with Gasteiger partial charge in [0.05, 0.1) is 26.1 Å². The molecule has 47 heavy (non-hydrogen) atoms. The number of ether oxygens (including phenoxy) is 6. The molecule has 1 fully saturated rings. The van der Waals surface area contributed by atoms with Gasteiger partial charge in [0, 0.05) is 19.8 Å². The summed E-state index contributed by atoms with van der Waals surface area (Å²) in [6.45, 7) is 13.9. The number of nitrogens with zero attached hydrogens (tertiary/aromatic N) is 3. The largest absolute Gasteiger partial charge is 0.463 e. The number of fused-ring (bicyclic) bond motifs is 1. The molecule has 4 atom stereocenters. The number of aromatic amines is 1. The smallest absolute Gasteiger partial charge is 0.302 e. The van der Waals surface area contributed by atoms with Crippen LogP contribution in [0.3, 0.4) is 0 Å². The molecular weight excluding hydrogens is 638 g/mol. The summed E-state index contributed by atoms with van der Waals surface area (Å²) in [6, 6.07) is 0. The monoisotopic (exact) mass is 685 g/mol. The van der Waals surface area contributed by atoms with E-state index in [1.165, 1.54) is 24.7 Å². The van der Waals surface area contributed by atoms with Crippen LogP contribution >= 0.6 is 0 Å². The van der Waals surface area contributed by atoms with Gasteiger partial charge in [-0.15, -0.1) is 0 Å². The summed E-state index contributed by atoms with van der Waals surface area (Å²) in [5.41, 5.74) is -0.563. The number of imidazole rings is 1. The Labute approximate surface area is 273 Å². The van der Waals surface area contributed by atoms with Gasteiger partial charge in [-0.2, -0.15) is 4.98 Å². The molecule has 18 heteroatoms. The Morgan fingerprint density at radius 2 is 1.66 bits per heavy atom. The van der Waals surface area contributed by atoms with E-state index in [4.69, 9.17) is 32.8 Å². The second kappa shape index (κ2) is 16.2. The standard InChI is InChI=1S/C29H47N5O12Si/c1-16(2)24(38)32-27-31-23-20(25(39)33-27)30-15-34(23)26-22(21(19(14-35)44-26)46-47(8,9)29(5,6)7)45-28(42-12-10-40-17(3)36)43-13-11-41-18(4)37/h15-16,19,21-22,26,28,35H,10-14H2,1-9H3,(H2,31,32,33,38,39)/t19-,21+,22?,26-/m1/s1. The maximum atomic E-state index is 12.9. The van der Waals surface area contributed by atoms with Crippen LogP contribution in [-0.4, -0.2) is 109 Å². The Bertz CT molecular complexity index is 1420. The number of aromatic nitrogens is 4. The number of hydrogen-bond acceptors (Lipinski definition) is 14. The van der Waals surface area contributed by atoms with Crippen LogP contribution in [0, 0.1) is 5.92 Å². The van der Waals surface area contributed by atoms with Crippen molar-refractivity contribution in [3.63, 3.8) is 0 Å². The molecule has 1 aliphatic rings. The van der Waals surface area contributed by atoms with Crippen LogP contribution in [0.2, 0.25) is 18.1 Å². The number of carbonyl (C=O) groups is 3. The topological polar surface area (TPSA) is 212 Å². The maximum absolute atomic E-state index is 12.9. The highest BCUT2D eigenvalue weighted by atomic mass is 28.4. The second-order valence-corrected chi connectivity index (χ2v) is 17.5. The minimum atomic E-state index is -2.53. The van der Waals surface area contributed by atoms with E-state index in [-0.39, 0.29) is 60.4 Å². The van der Waals surface area contributed by atoms with Crippen molar-refractivity contribution in [2.24, 2.45) is 5.92 Å².